The molecule has 10 heteroatoms. The van der Waals surface area contributed by atoms with E-state index in [4.69, 9.17) is 10.5 Å². The van der Waals surface area contributed by atoms with E-state index in [1.54, 1.807) is 0 Å². The monoisotopic (exact) mass is 307 g/mol. The molecule has 1 aliphatic rings. The summed E-state index contributed by atoms with van der Waals surface area (Å²) in [5, 5.41) is 3.94. The second-order valence-electron chi connectivity index (χ2n) is 4.33. The molecule has 4 N–H and O–H groups in total. The highest BCUT2D eigenvalue weighted by atomic mass is 32.7. The molecule has 106 valence electrons. The number of nitrogens with two attached hydrogens (primary N) is 1. The predicted molar refractivity (Wildman–Crippen MR) is 71.4 cm³/mol. The number of nitrogens with zero attached hydrogens (tertiary/aromatic N) is 3. The van der Waals surface area contributed by atoms with Gasteiger partial charge >= 0.3 is 6.92 Å². The Hall–Kier alpha value is -0.730. The summed E-state index contributed by atoms with van der Waals surface area (Å²) in [6.07, 6.45) is 2.60. The molecule has 2 rings (SSSR count). The van der Waals surface area contributed by atoms with Crippen molar-refractivity contribution in [3.8, 4) is 0 Å². The van der Waals surface area contributed by atoms with Gasteiger partial charge in [-0.2, -0.15) is 0 Å². The third kappa shape index (κ3) is 4.12. The average molecular weight is 307 g/mol. The molecule has 1 fully saturated rings. The first kappa shape index (κ1) is 14.7. The van der Waals surface area contributed by atoms with Gasteiger partial charge in [-0.05, 0) is 12.8 Å². The van der Waals surface area contributed by atoms with Gasteiger partial charge in [-0.3, -0.25) is 4.79 Å². The maximum absolute atomic E-state index is 10.9. The molecule has 0 bridgehead atoms. The Bertz CT molecular complexity index is 463. The number of aromatic nitrogens is 3. The first-order valence-corrected chi connectivity index (χ1v) is 9.41. The van der Waals surface area contributed by atoms with Gasteiger partial charge < -0.3 is 10.5 Å². The average Bonchev–Trinajstić information content (AvgIpc) is 2.94. The molecule has 0 aromatic carbocycles. The summed E-state index contributed by atoms with van der Waals surface area (Å²) in [5.74, 6) is -0.193. The van der Waals surface area contributed by atoms with E-state index < -0.39 is 12.8 Å². The van der Waals surface area contributed by atoms with Crippen LogP contribution in [0, 0.1) is 0 Å². The summed E-state index contributed by atoms with van der Waals surface area (Å²) in [7, 11) is 0. The van der Waals surface area contributed by atoms with Crippen LogP contribution in [0.4, 0.5) is 0 Å². The number of primary amides is 1. The van der Waals surface area contributed by atoms with E-state index in [0.29, 0.717) is 5.75 Å². The lowest BCUT2D eigenvalue weighted by atomic mass is 10.2. The van der Waals surface area contributed by atoms with Crippen LogP contribution in [-0.4, -0.2) is 49.0 Å². The molecule has 1 unspecified atom stereocenters. The Morgan fingerprint density at radius 1 is 1.68 bits per heavy atom. The minimum absolute atomic E-state index is 0.0364. The molecule has 1 amide bonds. The quantitative estimate of drug-likeness (QED) is 0.662. The number of hydrogen-bond donors (Lipinski definition) is 3. The van der Waals surface area contributed by atoms with Crippen LogP contribution in [0.15, 0.2) is 6.33 Å². The van der Waals surface area contributed by atoms with Crippen LogP contribution < -0.4 is 5.73 Å². The van der Waals surface area contributed by atoms with Crippen molar-refractivity contribution in [1.82, 2.24) is 14.8 Å². The molecule has 2 heterocycles. The Kier molecular flexibility index (Phi) is 4.42. The van der Waals surface area contributed by atoms with Gasteiger partial charge in [0.2, 0.25) is 5.82 Å². The lowest BCUT2D eigenvalue weighted by Crippen LogP contribution is -2.16. The molecular weight excluding hydrogens is 291 g/mol. The fraction of sp³-hybridized carbons (Fsp3) is 0.667. The number of carbonyl (C=O) groups excluding carboxylic acids is 1. The summed E-state index contributed by atoms with van der Waals surface area (Å²) >= 11 is 1.12. The van der Waals surface area contributed by atoms with Crippen LogP contribution in [-0.2, 0) is 4.74 Å². The maximum Gasteiger partial charge on any atom is 0.323 e. The second-order valence-corrected chi connectivity index (χ2v) is 9.45. The van der Waals surface area contributed by atoms with Gasteiger partial charge in [0.15, 0.2) is 6.23 Å². The number of carbonyl (C=O) groups is 1. The Morgan fingerprint density at radius 2 is 2.42 bits per heavy atom. The molecule has 0 saturated carbocycles. The molecular formula is C9H16N4O4PS+. The molecule has 19 heavy (non-hydrogen) atoms. The predicted octanol–water partition coefficient (Wildman–Crippen LogP) is 0.165. The molecule has 2 atom stereocenters. The lowest BCUT2D eigenvalue weighted by Gasteiger charge is -2.13. The summed E-state index contributed by atoms with van der Waals surface area (Å²) < 4.78 is 7.19. The van der Waals surface area contributed by atoms with Gasteiger partial charge in [0.25, 0.3) is 5.91 Å². The minimum atomic E-state index is -2.83. The van der Waals surface area contributed by atoms with Crippen LogP contribution in [0.2, 0.25) is 0 Å². The molecule has 1 saturated heterocycles. The highest BCUT2D eigenvalue weighted by molar-refractivity contribution is 8.58. The van der Waals surface area contributed by atoms with E-state index in [-0.39, 0.29) is 18.2 Å². The highest BCUT2D eigenvalue weighted by Gasteiger charge is 2.33. The first-order valence-electron chi connectivity index (χ1n) is 5.68. The molecule has 1 aliphatic heterocycles. The van der Waals surface area contributed by atoms with Gasteiger partial charge in [0, 0.05) is 0 Å². The number of rotatable bonds is 5. The Morgan fingerprint density at radius 3 is 3.00 bits per heavy atom. The van der Waals surface area contributed by atoms with Gasteiger partial charge in [-0.15, -0.1) is 5.10 Å². The SMILES string of the molecule is C[P+](O)(O)SCC1CC[C@H](n2cnc(C(N)=O)n2)O1. The summed E-state index contributed by atoms with van der Waals surface area (Å²) in [6.45, 7) is -1.41. The second kappa shape index (κ2) is 5.72. The number of ether oxygens (including phenoxy) is 1. The zero-order chi connectivity index (χ0) is 14.0. The van der Waals surface area contributed by atoms with Crippen LogP contribution in [0.3, 0.4) is 0 Å². The molecule has 1 aromatic heterocycles. The summed E-state index contributed by atoms with van der Waals surface area (Å²) in [6, 6.07) is 0. The first-order chi connectivity index (χ1) is 8.85. The molecule has 0 spiro atoms. The van der Waals surface area contributed by atoms with Gasteiger partial charge in [0.1, 0.15) is 13.0 Å². The Balaban J connectivity index is 1.89. The van der Waals surface area contributed by atoms with Gasteiger partial charge in [0.05, 0.1) is 23.2 Å². The maximum atomic E-state index is 10.9. The van der Waals surface area contributed by atoms with Crippen LogP contribution in [0.5, 0.6) is 0 Å². The largest absolute Gasteiger partial charge is 0.363 e. The highest BCUT2D eigenvalue weighted by Crippen LogP contribution is 2.59. The fourth-order valence-corrected chi connectivity index (χ4v) is 3.79. The van der Waals surface area contributed by atoms with Crippen molar-refractivity contribution in [2.75, 3.05) is 12.4 Å². The zero-order valence-electron chi connectivity index (χ0n) is 10.3. The van der Waals surface area contributed by atoms with Crippen LogP contribution >= 0.6 is 18.3 Å². The topological polar surface area (TPSA) is 123 Å². The summed E-state index contributed by atoms with van der Waals surface area (Å²) in [5.41, 5.74) is 5.08. The zero-order valence-corrected chi connectivity index (χ0v) is 12.0. The molecule has 0 radical (unpaired) electrons. The van der Waals surface area contributed by atoms with Crippen molar-refractivity contribution in [2.45, 2.75) is 25.2 Å². The van der Waals surface area contributed by atoms with E-state index in [9.17, 15) is 14.6 Å². The lowest BCUT2D eigenvalue weighted by molar-refractivity contribution is 0.00501. The van der Waals surface area contributed by atoms with E-state index in [2.05, 4.69) is 10.1 Å². The summed E-state index contributed by atoms with van der Waals surface area (Å²) in [4.78, 5) is 33.3. The normalized spacial score (nSPS) is 23.7. The third-order valence-corrected chi connectivity index (χ3v) is 5.54. The van der Waals surface area contributed by atoms with E-state index in [0.717, 1.165) is 24.2 Å². The van der Waals surface area contributed by atoms with E-state index in [1.807, 2.05) is 0 Å². The standard InChI is InChI=1S/C9H15N4O4PS/c1-18(15,16)19-4-6-2-3-7(17-6)13-5-11-9(12-13)8(10)14/h5-7,15-16H,2-4H2,1H3,(H-,10,14)/p+1/t6?,7-/m1/s1. The third-order valence-electron chi connectivity index (χ3n) is 2.61. The van der Waals surface area contributed by atoms with Gasteiger partial charge in [-0.1, -0.05) is 0 Å². The number of amides is 1. The Labute approximate surface area is 114 Å². The van der Waals surface area contributed by atoms with Gasteiger partial charge in [-0.25, -0.2) is 19.5 Å². The van der Waals surface area contributed by atoms with Crippen molar-refractivity contribution in [3.63, 3.8) is 0 Å². The van der Waals surface area contributed by atoms with E-state index >= 15 is 0 Å². The molecule has 1 aromatic rings. The van der Waals surface area contributed by atoms with Crippen molar-refractivity contribution in [1.29, 1.82) is 0 Å². The van der Waals surface area contributed by atoms with E-state index in [1.165, 1.54) is 17.7 Å². The molecule has 8 nitrogen and oxygen atoms in total. The van der Waals surface area contributed by atoms with Crippen molar-refractivity contribution >= 4 is 24.2 Å². The minimum Gasteiger partial charge on any atom is -0.363 e. The van der Waals surface area contributed by atoms with Crippen molar-refractivity contribution in [3.05, 3.63) is 12.2 Å². The van der Waals surface area contributed by atoms with Crippen molar-refractivity contribution in [2.24, 2.45) is 5.73 Å². The van der Waals surface area contributed by atoms with Crippen LogP contribution in [0.25, 0.3) is 0 Å². The molecule has 0 aliphatic carbocycles. The number of hydrogen-bond acceptors (Lipinski definition) is 7. The van der Waals surface area contributed by atoms with Crippen molar-refractivity contribution < 1.29 is 19.3 Å². The smallest absolute Gasteiger partial charge is 0.323 e. The fourth-order valence-electron chi connectivity index (χ4n) is 1.75. The van der Waals surface area contributed by atoms with Crippen LogP contribution in [0.1, 0.15) is 29.7 Å².